The van der Waals surface area contributed by atoms with E-state index in [9.17, 15) is 14.4 Å². The molecule has 1 aromatic carbocycles. The lowest BCUT2D eigenvalue weighted by Crippen LogP contribution is -2.54. The molecule has 3 amide bonds. The summed E-state index contributed by atoms with van der Waals surface area (Å²) in [5.74, 6) is -1.15. The Kier molecular flexibility index (Phi) is 8.00. The van der Waals surface area contributed by atoms with Gasteiger partial charge in [0, 0.05) is 44.1 Å². The molecule has 4 aliphatic rings. The van der Waals surface area contributed by atoms with E-state index >= 15 is 0 Å². The van der Waals surface area contributed by atoms with Gasteiger partial charge in [-0.05, 0) is 32.3 Å². The van der Waals surface area contributed by atoms with Crippen LogP contribution in [0, 0.1) is 11.8 Å². The average Bonchev–Trinajstić information content (AvgIpc) is 3.21. The van der Waals surface area contributed by atoms with Crippen molar-refractivity contribution in [2.45, 2.75) is 68.2 Å². The third-order valence-electron chi connectivity index (χ3n) is 8.42. The summed E-state index contributed by atoms with van der Waals surface area (Å²) in [7, 11) is 0. The van der Waals surface area contributed by atoms with Gasteiger partial charge >= 0.3 is 0 Å². The van der Waals surface area contributed by atoms with Gasteiger partial charge in [0.05, 0.1) is 16.6 Å². The molecule has 0 saturated carbocycles. The molecule has 8 heteroatoms. The second kappa shape index (κ2) is 11.3. The minimum Gasteiger partial charge on any atom is -0.396 e. The molecule has 7 nitrogen and oxygen atoms in total. The maximum atomic E-state index is 14.3. The van der Waals surface area contributed by atoms with Gasteiger partial charge in [-0.1, -0.05) is 67.5 Å². The van der Waals surface area contributed by atoms with Gasteiger partial charge in [-0.15, -0.1) is 11.8 Å². The number of benzene rings is 1. The van der Waals surface area contributed by atoms with Gasteiger partial charge in [0.15, 0.2) is 0 Å². The molecule has 0 aromatic heterocycles. The summed E-state index contributed by atoms with van der Waals surface area (Å²) in [6.07, 6.45) is 11.6. The first-order chi connectivity index (χ1) is 18.4. The number of amides is 3. The van der Waals surface area contributed by atoms with Gasteiger partial charge < -0.3 is 19.8 Å². The Balaban J connectivity index is 1.48. The van der Waals surface area contributed by atoms with E-state index in [1.54, 1.807) is 16.7 Å². The Labute approximate surface area is 229 Å². The van der Waals surface area contributed by atoms with Gasteiger partial charge in [-0.3, -0.25) is 14.4 Å². The van der Waals surface area contributed by atoms with Crippen molar-refractivity contribution in [1.82, 2.24) is 14.7 Å². The van der Waals surface area contributed by atoms with Crippen LogP contribution in [0.25, 0.3) is 0 Å². The number of nitrogens with zero attached hydrogens (tertiary/aromatic N) is 3. The zero-order valence-corrected chi connectivity index (χ0v) is 23.2. The Morgan fingerprint density at radius 3 is 2.47 bits per heavy atom. The Morgan fingerprint density at radius 1 is 0.974 bits per heavy atom. The van der Waals surface area contributed by atoms with E-state index < -0.39 is 22.6 Å². The van der Waals surface area contributed by atoms with Crippen molar-refractivity contribution in [3.8, 4) is 0 Å². The van der Waals surface area contributed by atoms with Crippen molar-refractivity contribution < 1.29 is 19.5 Å². The molecular weight excluding hydrogens is 498 g/mol. The molecule has 5 atom stereocenters. The standard InChI is InChI=1S/C30H39N3O4S/c1-21(2)32-18-11-15-30-25(28(36)33(26(30)29(32)37)17-8-3-4-9-19-34)24-23(38-30)14-10-16-31(27(24)35)20-22-12-6-5-7-13-22/h5-7,10-15,21,23-26,34H,3-4,8-9,16-20H2,1-2H3/t23-,24+,25-,26?,30-/m0/s1. The summed E-state index contributed by atoms with van der Waals surface area (Å²) in [4.78, 5) is 48.0. The molecule has 1 N–H and O–H groups in total. The number of unbranched alkanes of at least 4 members (excludes halogenated alkanes) is 3. The minimum absolute atomic E-state index is 0.000866. The second-order valence-corrected chi connectivity index (χ2v) is 12.6. The van der Waals surface area contributed by atoms with Crippen LogP contribution >= 0.6 is 11.8 Å². The van der Waals surface area contributed by atoms with Crippen molar-refractivity contribution in [3.63, 3.8) is 0 Å². The maximum absolute atomic E-state index is 14.3. The molecule has 2 fully saturated rings. The highest BCUT2D eigenvalue weighted by Gasteiger charge is 2.70. The molecule has 38 heavy (non-hydrogen) atoms. The SMILES string of the molecule is CC(C)N1CC=C[C@]23S[C@H]4C=CCN(Cc5ccccc5)C(=O)[C@H]4[C@H]2C(=O)N(CCCCCCO)C3C1=O. The van der Waals surface area contributed by atoms with Crippen LogP contribution in [-0.4, -0.2) is 85.8 Å². The third kappa shape index (κ3) is 4.70. The van der Waals surface area contributed by atoms with Gasteiger partial charge in [-0.25, -0.2) is 0 Å². The molecule has 0 bridgehead atoms. The number of carbonyl (C=O) groups excluding carboxylic acids is 3. The van der Waals surface area contributed by atoms with E-state index in [1.807, 2.05) is 60.1 Å². The van der Waals surface area contributed by atoms with Crippen LogP contribution in [0.2, 0.25) is 0 Å². The molecule has 1 unspecified atom stereocenters. The number of thioether (sulfide) groups is 1. The average molecular weight is 538 g/mol. The number of aliphatic hydroxyl groups is 1. The maximum Gasteiger partial charge on any atom is 0.247 e. The van der Waals surface area contributed by atoms with Crippen LogP contribution in [0.1, 0.15) is 45.1 Å². The van der Waals surface area contributed by atoms with Crippen LogP contribution in [0.4, 0.5) is 0 Å². The predicted octanol–water partition coefficient (Wildman–Crippen LogP) is 3.24. The monoisotopic (exact) mass is 537 g/mol. The molecule has 1 aromatic rings. The molecular formula is C30H39N3O4S. The number of hydrogen-bond donors (Lipinski definition) is 1. The summed E-state index contributed by atoms with van der Waals surface area (Å²) in [6.45, 7) is 6.21. The van der Waals surface area contributed by atoms with Crippen molar-refractivity contribution in [1.29, 1.82) is 0 Å². The summed E-state index contributed by atoms with van der Waals surface area (Å²) >= 11 is 1.64. The van der Waals surface area contributed by atoms with E-state index in [4.69, 9.17) is 5.11 Å². The summed E-state index contributed by atoms with van der Waals surface area (Å²) < 4.78 is -0.756. The molecule has 5 rings (SSSR count). The topological polar surface area (TPSA) is 81.2 Å². The highest BCUT2D eigenvalue weighted by molar-refractivity contribution is 8.02. The van der Waals surface area contributed by atoms with E-state index in [0.29, 0.717) is 26.2 Å². The van der Waals surface area contributed by atoms with E-state index in [-0.39, 0.29) is 35.6 Å². The number of rotatable bonds is 9. The minimum atomic E-state index is -0.756. The number of carbonyl (C=O) groups is 3. The van der Waals surface area contributed by atoms with Crippen molar-refractivity contribution >= 4 is 29.5 Å². The summed E-state index contributed by atoms with van der Waals surface area (Å²) in [5, 5.41) is 8.99. The largest absolute Gasteiger partial charge is 0.396 e. The van der Waals surface area contributed by atoms with Crippen molar-refractivity contribution in [3.05, 3.63) is 60.2 Å². The fourth-order valence-electron chi connectivity index (χ4n) is 6.60. The van der Waals surface area contributed by atoms with Crippen LogP contribution < -0.4 is 0 Å². The normalized spacial score (nSPS) is 30.5. The molecule has 4 aliphatic heterocycles. The lowest BCUT2D eigenvalue weighted by atomic mass is 9.78. The van der Waals surface area contributed by atoms with Crippen molar-refractivity contribution in [2.75, 3.05) is 26.2 Å². The molecule has 204 valence electrons. The summed E-state index contributed by atoms with van der Waals surface area (Å²) in [6, 6.07) is 9.36. The number of aliphatic hydroxyl groups excluding tert-OH is 1. The van der Waals surface area contributed by atoms with Gasteiger partial charge in [-0.2, -0.15) is 0 Å². The lowest BCUT2D eigenvalue weighted by molar-refractivity contribution is -0.145. The van der Waals surface area contributed by atoms with Crippen LogP contribution in [0.15, 0.2) is 54.6 Å². The van der Waals surface area contributed by atoms with Crippen LogP contribution in [0.3, 0.4) is 0 Å². The highest BCUT2D eigenvalue weighted by atomic mass is 32.2. The first-order valence-corrected chi connectivity index (χ1v) is 14.8. The Bertz CT molecular complexity index is 1110. The molecule has 4 heterocycles. The second-order valence-electron chi connectivity index (χ2n) is 11.1. The number of likely N-dealkylation sites (tertiary alicyclic amines) is 1. The number of fused-ring (bicyclic) bond motifs is 2. The lowest BCUT2D eigenvalue weighted by Gasteiger charge is -2.36. The van der Waals surface area contributed by atoms with Crippen LogP contribution in [0.5, 0.6) is 0 Å². The molecule has 0 radical (unpaired) electrons. The Hall–Kier alpha value is -2.58. The first kappa shape index (κ1) is 27.0. The van der Waals surface area contributed by atoms with Crippen molar-refractivity contribution in [2.24, 2.45) is 11.8 Å². The highest BCUT2D eigenvalue weighted by Crippen LogP contribution is 2.61. The van der Waals surface area contributed by atoms with E-state index in [1.165, 1.54) is 0 Å². The molecule has 2 saturated heterocycles. The molecule has 1 spiro atoms. The Morgan fingerprint density at radius 2 is 1.74 bits per heavy atom. The predicted molar refractivity (Wildman–Crippen MR) is 149 cm³/mol. The molecule has 0 aliphatic carbocycles. The fourth-order valence-corrected chi connectivity index (χ4v) is 8.61. The van der Waals surface area contributed by atoms with E-state index in [2.05, 4.69) is 18.2 Å². The quantitative estimate of drug-likeness (QED) is 0.386. The van der Waals surface area contributed by atoms with E-state index in [0.717, 1.165) is 31.2 Å². The van der Waals surface area contributed by atoms with Crippen LogP contribution in [-0.2, 0) is 20.9 Å². The zero-order valence-electron chi connectivity index (χ0n) is 22.4. The first-order valence-electron chi connectivity index (χ1n) is 14.0. The van der Waals surface area contributed by atoms with Gasteiger partial charge in [0.25, 0.3) is 0 Å². The summed E-state index contributed by atoms with van der Waals surface area (Å²) in [5.41, 5.74) is 1.06. The van der Waals surface area contributed by atoms with Gasteiger partial charge in [0.1, 0.15) is 6.04 Å². The smallest absolute Gasteiger partial charge is 0.247 e. The zero-order chi connectivity index (χ0) is 26.9. The third-order valence-corrected chi connectivity index (χ3v) is 10.2. The van der Waals surface area contributed by atoms with Gasteiger partial charge in [0.2, 0.25) is 17.7 Å². The fraction of sp³-hybridized carbons (Fsp3) is 0.567. The number of hydrogen-bond acceptors (Lipinski definition) is 5.